The highest BCUT2D eigenvalue weighted by Crippen LogP contribution is 2.38. The lowest BCUT2D eigenvalue weighted by Crippen LogP contribution is -2.60. The van der Waals surface area contributed by atoms with Gasteiger partial charge in [-0.1, -0.05) is 48.3 Å². The number of carbonyl (C=O) groups excluding carboxylic acids is 3. The molecule has 0 bridgehead atoms. The number of nitrogens with one attached hydrogen (secondary N) is 4. The van der Waals surface area contributed by atoms with Gasteiger partial charge in [0.25, 0.3) is 11.8 Å². The van der Waals surface area contributed by atoms with Crippen molar-refractivity contribution in [1.82, 2.24) is 25.9 Å². The van der Waals surface area contributed by atoms with Crippen LogP contribution in [-0.2, 0) is 14.4 Å². The van der Waals surface area contributed by atoms with Crippen LogP contribution in [0.2, 0.25) is 5.02 Å². The third-order valence-electron chi connectivity index (χ3n) is 7.39. The molecule has 1 aromatic heterocycles. The lowest BCUT2D eigenvalue weighted by Gasteiger charge is -2.36. The molecular weight excluding hydrogens is 638 g/mol. The molecule has 2 aromatic carbocycles. The second-order valence-electron chi connectivity index (χ2n) is 11.5. The van der Waals surface area contributed by atoms with Gasteiger partial charge in [0.05, 0.1) is 41.1 Å². The predicted molar refractivity (Wildman–Crippen MR) is 172 cm³/mol. The number of aromatic nitrogens is 2. The van der Waals surface area contributed by atoms with Gasteiger partial charge in [0.2, 0.25) is 5.91 Å². The van der Waals surface area contributed by atoms with E-state index < -0.39 is 35.4 Å². The molecule has 0 aliphatic carbocycles. The Morgan fingerprint density at radius 2 is 1.93 bits per heavy atom. The smallest absolute Gasteiger partial charge is 0.257 e. The van der Waals surface area contributed by atoms with Crippen molar-refractivity contribution in [2.24, 2.45) is 5.41 Å². The number of methoxy groups -OCH3 is 1. The molecule has 1 aliphatic heterocycles. The zero-order chi connectivity index (χ0) is 31.5. The number of rotatable bonds is 9. The summed E-state index contributed by atoms with van der Waals surface area (Å²) in [5.74, 6) is -0.698. The number of fused-ring (bicyclic) bond motifs is 1. The van der Waals surface area contributed by atoms with Gasteiger partial charge in [0, 0.05) is 15.9 Å². The third kappa shape index (κ3) is 7.26. The maximum Gasteiger partial charge on any atom is 0.257 e. The Kier molecular flexibility index (Phi) is 10.3. The number of halogens is 2. The van der Waals surface area contributed by atoms with Crippen LogP contribution in [0.1, 0.15) is 40.5 Å². The Balaban J connectivity index is 1.88. The van der Waals surface area contributed by atoms with Gasteiger partial charge >= 0.3 is 0 Å². The van der Waals surface area contributed by atoms with Gasteiger partial charge in [0.1, 0.15) is 23.9 Å². The summed E-state index contributed by atoms with van der Waals surface area (Å²) >= 11 is 9.88. The van der Waals surface area contributed by atoms with Crippen LogP contribution < -0.4 is 30.9 Å². The maximum absolute atomic E-state index is 14.5. The first-order chi connectivity index (χ1) is 20.3. The van der Waals surface area contributed by atoms with Crippen molar-refractivity contribution in [3.05, 3.63) is 46.2 Å². The van der Waals surface area contributed by atoms with Gasteiger partial charge in [-0.05, 0) is 63.0 Å². The summed E-state index contributed by atoms with van der Waals surface area (Å²) in [7, 11) is 3.13. The number of hydrogen-bond acceptors (Lipinski definition) is 9. The molecule has 0 radical (unpaired) electrons. The van der Waals surface area contributed by atoms with E-state index in [0.29, 0.717) is 40.4 Å². The normalized spacial score (nSPS) is 16.4. The average molecular weight is 675 g/mol. The first kappa shape index (κ1) is 32.6. The van der Waals surface area contributed by atoms with E-state index in [-0.39, 0.29) is 17.3 Å². The Morgan fingerprint density at radius 3 is 2.53 bits per heavy atom. The minimum Gasteiger partial charge on any atom is -0.494 e. The maximum atomic E-state index is 14.5. The fourth-order valence-electron chi connectivity index (χ4n) is 4.80. The van der Waals surface area contributed by atoms with Crippen LogP contribution in [0.4, 0.5) is 17.2 Å². The SMILES string of the molecule is CN[C@@H](C)C(=O)N[C@H](C(=O)N(C(=O)[C@@H]1CCCN1)c1cc2c(Nc3ccc(Br)cc3Cl)ncnc2cc1OC)C(C)(C)C. The average Bonchev–Trinajstić information content (AvgIpc) is 3.51. The zero-order valence-electron chi connectivity index (χ0n) is 25.0. The molecule has 230 valence electrons. The van der Waals surface area contributed by atoms with E-state index >= 15 is 0 Å². The molecule has 4 N–H and O–H groups in total. The summed E-state index contributed by atoms with van der Waals surface area (Å²) in [6, 6.07) is 6.55. The second-order valence-corrected chi connectivity index (χ2v) is 12.8. The molecule has 0 saturated carbocycles. The highest BCUT2D eigenvalue weighted by atomic mass is 79.9. The molecule has 43 heavy (non-hydrogen) atoms. The van der Waals surface area contributed by atoms with Crippen LogP contribution in [0.3, 0.4) is 0 Å². The van der Waals surface area contributed by atoms with E-state index in [1.54, 1.807) is 38.2 Å². The molecule has 1 saturated heterocycles. The molecule has 3 atom stereocenters. The monoisotopic (exact) mass is 673 g/mol. The zero-order valence-corrected chi connectivity index (χ0v) is 27.4. The topological polar surface area (TPSA) is 138 Å². The number of anilines is 3. The van der Waals surface area contributed by atoms with Gasteiger partial charge < -0.3 is 26.0 Å². The number of benzene rings is 2. The van der Waals surface area contributed by atoms with Crippen molar-refractivity contribution in [2.75, 3.05) is 30.9 Å². The standard InChI is InChI=1S/C30H37BrClN7O4/c1-16(33-5)27(40)38-25(30(2,3)4)29(42)39(28(41)21-8-7-11-34-21)23-13-18-22(14-24(23)43-6)35-15-36-26(18)37-20-10-9-17(31)12-19(20)32/h9-10,12-16,21,25,33-34H,7-8,11H2,1-6H3,(H,38,40)(H,35,36,37)/t16-,21-,25+/m0/s1. The quantitative estimate of drug-likeness (QED) is 0.258. The highest BCUT2D eigenvalue weighted by Gasteiger charge is 2.42. The van der Waals surface area contributed by atoms with Crippen molar-refractivity contribution in [2.45, 2.75) is 58.7 Å². The molecule has 0 unspecified atom stereocenters. The van der Waals surface area contributed by atoms with Crippen LogP contribution in [-0.4, -0.2) is 66.5 Å². The van der Waals surface area contributed by atoms with Crippen molar-refractivity contribution in [3.63, 3.8) is 0 Å². The minimum atomic E-state index is -1.03. The Hall–Kier alpha value is -3.32. The Morgan fingerprint density at radius 1 is 1.19 bits per heavy atom. The Labute approximate surface area is 264 Å². The van der Waals surface area contributed by atoms with Crippen molar-refractivity contribution < 1.29 is 19.1 Å². The molecule has 3 amide bonds. The second kappa shape index (κ2) is 13.5. The number of ether oxygens (including phenoxy) is 1. The van der Waals surface area contributed by atoms with Gasteiger partial charge in [-0.2, -0.15) is 0 Å². The van der Waals surface area contributed by atoms with Crippen molar-refractivity contribution in [3.8, 4) is 5.75 Å². The van der Waals surface area contributed by atoms with Gasteiger partial charge in [-0.25, -0.2) is 14.9 Å². The predicted octanol–water partition coefficient (Wildman–Crippen LogP) is 4.55. The summed E-state index contributed by atoms with van der Waals surface area (Å²) in [6.45, 7) is 7.87. The number of imide groups is 1. The van der Waals surface area contributed by atoms with E-state index in [4.69, 9.17) is 16.3 Å². The van der Waals surface area contributed by atoms with E-state index in [1.165, 1.54) is 13.4 Å². The molecular formula is C30H37BrClN7O4. The molecule has 2 heterocycles. The molecule has 4 rings (SSSR count). The molecule has 13 heteroatoms. The van der Waals surface area contributed by atoms with E-state index in [2.05, 4.69) is 47.2 Å². The highest BCUT2D eigenvalue weighted by molar-refractivity contribution is 9.10. The first-order valence-corrected chi connectivity index (χ1v) is 15.2. The van der Waals surface area contributed by atoms with Crippen molar-refractivity contribution >= 4 is 73.3 Å². The minimum absolute atomic E-state index is 0.212. The first-order valence-electron chi connectivity index (χ1n) is 14.0. The lowest BCUT2D eigenvalue weighted by atomic mass is 9.85. The van der Waals surface area contributed by atoms with E-state index in [1.807, 2.05) is 26.8 Å². The molecule has 1 fully saturated rings. The number of likely N-dealkylation sites (N-methyl/N-ethyl adjacent to an activating group) is 1. The fraction of sp³-hybridized carbons (Fsp3) is 0.433. The van der Waals surface area contributed by atoms with Gasteiger partial charge in [0.15, 0.2) is 0 Å². The molecule has 0 spiro atoms. The summed E-state index contributed by atoms with van der Waals surface area (Å²) in [4.78, 5) is 51.6. The van der Waals surface area contributed by atoms with Gasteiger partial charge in [-0.15, -0.1) is 0 Å². The van der Waals surface area contributed by atoms with Crippen LogP contribution >= 0.6 is 27.5 Å². The number of nitrogens with zero attached hydrogens (tertiary/aromatic N) is 3. The Bertz CT molecular complexity index is 1520. The molecule has 3 aromatic rings. The van der Waals surface area contributed by atoms with Crippen LogP contribution in [0.25, 0.3) is 10.9 Å². The van der Waals surface area contributed by atoms with Crippen molar-refractivity contribution in [1.29, 1.82) is 0 Å². The van der Waals surface area contributed by atoms with Crippen LogP contribution in [0.15, 0.2) is 41.1 Å². The van der Waals surface area contributed by atoms with Crippen LogP contribution in [0, 0.1) is 5.41 Å². The third-order valence-corrected chi connectivity index (χ3v) is 8.19. The fourth-order valence-corrected chi connectivity index (χ4v) is 5.52. The summed E-state index contributed by atoms with van der Waals surface area (Å²) in [5.41, 5.74) is 0.605. The van der Waals surface area contributed by atoms with E-state index in [9.17, 15) is 14.4 Å². The summed E-state index contributed by atoms with van der Waals surface area (Å²) in [5, 5.41) is 13.2. The molecule has 11 nitrogen and oxygen atoms in total. The number of carbonyl (C=O) groups is 3. The van der Waals surface area contributed by atoms with Gasteiger partial charge in [-0.3, -0.25) is 14.4 Å². The number of hydrogen-bond donors (Lipinski definition) is 4. The van der Waals surface area contributed by atoms with E-state index in [0.717, 1.165) is 15.8 Å². The number of amides is 3. The van der Waals surface area contributed by atoms with Crippen LogP contribution in [0.5, 0.6) is 5.75 Å². The summed E-state index contributed by atoms with van der Waals surface area (Å²) < 4.78 is 6.54. The lowest BCUT2D eigenvalue weighted by molar-refractivity contribution is -0.134. The largest absolute Gasteiger partial charge is 0.494 e. The summed E-state index contributed by atoms with van der Waals surface area (Å²) in [6.07, 6.45) is 2.77. The molecule has 1 aliphatic rings.